The second-order valence-electron chi connectivity index (χ2n) is 17.5. The van der Waals surface area contributed by atoms with Crippen LogP contribution in [-0.2, 0) is 56.9 Å². The van der Waals surface area contributed by atoms with Crippen LogP contribution in [0.1, 0.15) is 13.8 Å². The largest absolute Gasteiger partial charge is 0.394 e. The molecular weight excluding hydrogens is 950 g/mol. The SMILES string of the molecule is CC(=O)N[C@H]1[C@H](O[C@H]2[C@@H](O)[C@@H](CO)O[C@@H](O[C@H]3[C@H](O)[C@@H](O)C(O)O[C@@H]3CO)[C@@H]2O)O[C@H](CO)[C@@H](O)[C@@H]1O[C@@H]1O[C@H](CO)[C@H](O)[C@H](O[C@H]2O[C@H](CO)[C@H](O)[C@H](O)[C@H]2O)[C@H]1O[C@@H]1O[C@@H](C)[C@@H](O)[C@@H](O)[C@@H]1O. The number of carbonyl (C=O) groups excluding carboxylic acids is 1. The molecule has 0 radical (unpaired) electrons. The first-order valence-corrected chi connectivity index (χ1v) is 22.0. The fourth-order valence-corrected chi connectivity index (χ4v) is 8.83. The summed E-state index contributed by atoms with van der Waals surface area (Å²) in [4.78, 5) is 12.9. The molecule has 6 aliphatic heterocycles. The van der Waals surface area contributed by atoms with Crippen molar-refractivity contribution in [2.45, 2.75) is 198 Å². The number of amides is 1. The van der Waals surface area contributed by atoms with E-state index < -0.39 is 223 Å². The second-order valence-corrected chi connectivity index (χ2v) is 17.5. The third kappa shape index (κ3) is 11.8. The first-order valence-electron chi connectivity index (χ1n) is 22.0. The van der Waals surface area contributed by atoms with Gasteiger partial charge in [0.15, 0.2) is 37.7 Å². The molecular formula is C38H65NO30. The molecule has 19 N–H and O–H groups in total. The van der Waals surface area contributed by atoms with Gasteiger partial charge in [-0.2, -0.15) is 0 Å². The number of rotatable bonds is 16. The summed E-state index contributed by atoms with van der Waals surface area (Å²) in [5, 5.41) is 194. The third-order valence-electron chi connectivity index (χ3n) is 12.8. The average Bonchev–Trinajstić information content (AvgIpc) is 3.32. The van der Waals surface area contributed by atoms with Crippen LogP contribution in [0.3, 0.4) is 0 Å². The molecule has 1 amide bonds. The molecule has 6 fully saturated rings. The lowest BCUT2D eigenvalue weighted by Gasteiger charge is -2.51. The van der Waals surface area contributed by atoms with Gasteiger partial charge >= 0.3 is 0 Å². The number of aliphatic hydroxyl groups excluding tert-OH is 18. The Bertz CT molecular complexity index is 1610. The molecule has 6 heterocycles. The number of hydrogen-bond acceptors (Lipinski definition) is 30. The molecule has 6 saturated heterocycles. The first-order chi connectivity index (χ1) is 32.6. The minimum absolute atomic E-state index is 0.893. The van der Waals surface area contributed by atoms with Crippen molar-refractivity contribution in [1.82, 2.24) is 5.32 Å². The summed E-state index contributed by atoms with van der Waals surface area (Å²) < 4.78 is 63.3. The van der Waals surface area contributed by atoms with E-state index in [-0.39, 0.29) is 0 Å². The zero-order valence-electron chi connectivity index (χ0n) is 36.8. The molecule has 30 atom stereocenters. The van der Waals surface area contributed by atoms with Crippen LogP contribution >= 0.6 is 0 Å². The zero-order chi connectivity index (χ0) is 50.9. The van der Waals surface area contributed by atoms with E-state index >= 15 is 0 Å². The van der Waals surface area contributed by atoms with E-state index in [2.05, 4.69) is 5.32 Å². The van der Waals surface area contributed by atoms with Gasteiger partial charge in [0.05, 0.1) is 39.1 Å². The molecule has 31 heteroatoms. The molecule has 31 nitrogen and oxygen atoms in total. The molecule has 0 aromatic carbocycles. The van der Waals surface area contributed by atoms with Gasteiger partial charge in [-0.1, -0.05) is 0 Å². The monoisotopic (exact) mass is 1020 g/mol. The standard InChI is InChI=1S/C38H65NO30/c1-8-16(46)21(51)25(55)35(59-8)69-32-31(68-36-26(56)22(52)17(47)10(3-40)62-36)20(50)13(6-43)64-38(32)66-29-15(39-9(2)45)34(61-11(4-41)18(29)48)67-30-19(49)12(5-42)63-37(27(30)57)65-28-14(7-44)60-33(58)24(54)23(28)53/h8,10-38,40-44,46-58H,3-7H2,1-2H3,(H,39,45)/t8-,10+,11+,12+,13+,14+,15+,16+,17-,18+,19-,20-,21+,22-,23+,24+,25-,26+,27+,28+,29+,30-,31-,32+,33?,34-,35-,36+,37-,38-/m0/s1. The number of carbonyl (C=O) groups is 1. The summed E-state index contributed by atoms with van der Waals surface area (Å²) in [6, 6.07) is -1.85. The van der Waals surface area contributed by atoms with E-state index in [1.165, 1.54) is 6.92 Å². The highest BCUT2D eigenvalue weighted by Gasteiger charge is 2.59. The smallest absolute Gasteiger partial charge is 0.217 e. The summed E-state index contributed by atoms with van der Waals surface area (Å²) >= 11 is 0. The van der Waals surface area contributed by atoms with Gasteiger partial charge in [-0.25, -0.2) is 0 Å². The van der Waals surface area contributed by atoms with Crippen molar-refractivity contribution in [1.29, 1.82) is 0 Å². The minimum Gasteiger partial charge on any atom is -0.394 e. The quantitative estimate of drug-likeness (QED) is 0.0682. The van der Waals surface area contributed by atoms with Crippen LogP contribution in [0.25, 0.3) is 0 Å². The Morgan fingerprint density at radius 1 is 0.377 bits per heavy atom. The Balaban J connectivity index is 1.35. The van der Waals surface area contributed by atoms with Crippen LogP contribution < -0.4 is 5.32 Å². The molecule has 1 unspecified atom stereocenters. The van der Waals surface area contributed by atoms with Gasteiger partial charge in [0.2, 0.25) is 5.91 Å². The maximum Gasteiger partial charge on any atom is 0.217 e. The predicted octanol–water partition coefficient (Wildman–Crippen LogP) is -12.9. The number of aliphatic hydroxyl groups is 18. The van der Waals surface area contributed by atoms with Crippen LogP contribution in [0.15, 0.2) is 0 Å². The highest BCUT2D eigenvalue weighted by Crippen LogP contribution is 2.38. The van der Waals surface area contributed by atoms with Crippen LogP contribution in [0.2, 0.25) is 0 Å². The molecule has 402 valence electrons. The average molecular weight is 1020 g/mol. The Hall–Kier alpha value is -1.69. The van der Waals surface area contributed by atoms with Crippen molar-refractivity contribution >= 4 is 5.91 Å². The van der Waals surface area contributed by atoms with Gasteiger partial charge in [0.1, 0.15) is 140 Å². The molecule has 6 aliphatic rings. The van der Waals surface area contributed by atoms with Crippen LogP contribution in [0.5, 0.6) is 0 Å². The van der Waals surface area contributed by atoms with Crippen LogP contribution in [0.4, 0.5) is 0 Å². The van der Waals surface area contributed by atoms with E-state index in [4.69, 9.17) is 52.1 Å². The van der Waals surface area contributed by atoms with Gasteiger partial charge < -0.3 is 149 Å². The molecule has 69 heavy (non-hydrogen) atoms. The maximum atomic E-state index is 12.9. The summed E-state index contributed by atoms with van der Waals surface area (Å²) in [6.07, 6.45) is -55.6. The highest BCUT2D eigenvalue weighted by molar-refractivity contribution is 5.73. The Morgan fingerprint density at radius 2 is 0.783 bits per heavy atom. The Kier molecular flexibility index (Phi) is 19.8. The highest BCUT2D eigenvalue weighted by atomic mass is 16.8. The maximum absolute atomic E-state index is 12.9. The van der Waals surface area contributed by atoms with E-state index in [9.17, 15) is 96.7 Å². The van der Waals surface area contributed by atoms with Crippen LogP contribution in [0, 0.1) is 0 Å². The summed E-state index contributed by atoms with van der Waals surface area (Å²) in [6.45, 7) is -2.68. The number of hydrogen-bond donors (Lipinski definition) is 19. The van der Waals surface area contributed by atoms with Crippen molar-refractivity contribution in [2.24, 2.45) is 0 Å². The molecule has 0 aromatic heterocycles. The summed E-state index contributed by atoms with van der Waals surface area (Å²) in [7, 11) is 0. The predicted molar refractivity (Wildman–Crippen MR) is 209 cm³/mol. The zero-order valence-corrected chi connectivity index (χ0v) is 36.8. The van der Waals surface area contributed by atoms with Crippen molar-refractivity contribution in [3.63, 3.8) is 0 Å². The Morgan fingerprint density at radius 3 is 1.33 bits per heavy atom. The van der Waals surface area contributed by atoms with E-state index in [1.807, 2.05) is 0 Å². The third-order valence-corrected chi connectivity index (χ3v) is 12.8. The topological polar surface area (TPSA) is 495 Å². The van der Waals surface area contributed by atoms with E-state index in [1.54, 1.807) is 0 Å². The lowest BCUT2D eigenvalue weighted by molar-refractivity contribution is -0.404. The van der Waals surface area contributed by atoms with E-state index in [0.717, 1.165) is 6.92 Å². The van der Waals surface area contributed by atoms with Gasteiger partial charge in [0, 0.05) is 6.92 Å². The molecule has 0 saturated carbocycles. The lowest BCUT2D eigenvalue weighted by Crippen LogP contribution is -2.71. The van der Waals surface area contributed by atoms with Crippen LogP contribution in [-0.4, -0.2) is 315 Å². The van der Waals surface area contributed by atoms with Gasteiger partial charge in [-0.3, -0.25) is 4.79 Å². The fourth-order valence-electron chi connectivity index (χ4n) is 8.83. The lowest BCUT2D eigenvalue weighted by atomic mass is 9.94. The molecule has 0 spiro atoms. The molecule has 6 rings (SSSR count). The molecule has 0 bridgehead atoms. The minimum atomic E-state index is -2.18. The summed E-state index contributed by atoms with van der Waals surface area (Å²) in [5.41, 5.74) is 0. The Labute approximate surface area is 390 Å². The first kappa shape index (κ1) is 56.6. The second kappa shape index (κ2) is 24.1. The van der Waals surface area contributed by atoms with Crippen molar-refractivity contribution < 1.29 is 149 Å². The van der Waals surface area contributed by atoms with Gasteiger partial charge in [-0.15, -0.1) is 0 Å². The van der Waals surface area contributed by atoms with Gasteiger partial charge in [-0.05, 0) is 6.92 Å². The number of ether oxygens (including phenoxy) is 11. The molecule has 0 aromatic rings. The number of nitrogens with one attached hydrogen (secondary N) is 1. The summed E-state index contributed by atoms with van der Waals surface area (Å²) in [5.74, 6) is -0.893. The van der Waals surface area contributed by atoms with Crippen molar-refractivity contribution in [3.05, 3.63) is 0 Å². The normalized spacial score (nSPS) is 52.1. The molecule has 0 aliphatic carbocycles. The fraction of sp³-hybridized carbons (Fsp3) is 0.974. The van der Waals surface area contributed by atoms with E-state index in [0.29, 0.717) is 0 Å². The van der Waals surface area contributed by atoms with Crippen molar-refractivity contribution in [2.75, 3.05) is 33.0 Å². The van der Waals surface area contributed by atoms with Gasteiger partial charge in [0.25, 0.3) is 0 Å². The van der Waals surface area contributed by atoms with Crippen molar-refractivity contribution in [3.8, 4) is 0 Å².